The molecular weight excluding hydrogens is 405 g/mol. The van der Waals surface area contributed by atoms with Crippen LogP contribution in [-0.4, -0.2) is 11.1 Å². The summed E-state index contributed by atoms with van der Waals surface area (Å²) in [6.07, 6.45) is 0. The Morgan fingerprint density at radius 2 is 1.91 bits per heavy atom. The molecule has 0 aliphatic carbocycles. The summed E-state index contributed by atoms with van der Waals surface area (Å²) in [4.78, 5) is 12.1. The van der Waals surface area contributed by atoms with Gasteiger partial charge in [0, 0.05) is 15.2 Å². The van der Waals surface area contributed by atoms with Crippen molar-refractivity contribution >= 4 is 28.6 Å². The van der Waals surface area contributed by atoms with Gasteiger partial charge in [0.05, 0.1) is 5.56 Å². The summed E-state index contributed by atoms with van der Waals surface area (Å²) in [6, 6.07) is 17.0. The average Bonchev–Trinajstić information content (AvgIpc) is 3.03. The molecule has 0 amide bonds. The minimum absolute atomic E-state index is 0.0825. The molecule has 0 aliphatic rings. The first-order chi connectivity index (χ1) is 11.1. The first kappa shape index (κ1) is 15.7. The molecule has 0 N–H and O–H groups in total. The van der Waals surface area contributed by atoms with Crippen molar-refractivity contribution < 1.29 is 14.1 Å². The maximum absolute atomic E-state index is 12.1. The van der Waals surface area contributed by atoms with Crippen LogP contribution in [0.4, 0.5) is 0 Å². The summed E-state index contributed by atoms with van der Waals surface area (Å²) < 4.78 is 11.5. The van der Waals surface area contributed by atoms with E-state index in [-0.39, 0.29) is 12.6 Å². The first-order valence-corrected chi connectivity index (χ1v) is 8.15. The standard InChI is InChI=1S/C18H14INO3/c1-12-6-8-13(9-7-12)17-10-14(20-23-17)11-22-18(21)15-4-2-3-5-16(15)19/h2-10H,11H2,1H3. The quantitative estimate of drug-likeness (QED) is 0.458. The summed E-state index contributed by atoms with van der Waals surface area (Å²) in [5, 5.41) is 3.95. The molecule has 0 saturated carbocycles. The number of carbonyl (C=O) groups is 1. The van der Waals surface area contributed by atoms with Gasteiger partial charge >= 0.3 is 5.97 Å². The Hall–Kier alpha value is -2.15. The van der Waals surface area contributed by atoms with Gasteiger partial charge in [0.15, 0.2) is 5.76 Å². The highest BCUT2D eigenvalue weighted by Gasteiger charge is 2.13. The van der Waals surface area contributed by atoms with Crippen molar-refractivity contribution in [1.82, 2.24) is 5.16 Å². The van der Waals surface area contributed by atoms with E-state index in [1.807, 2.05) is 49.4 Å². The summed E-state index contributed by atoms with van der Waals surface area (Å²) in [5.41, 5.74) is 3.26. The van der Waals surface area contributed by atoms with Gasteiger partial charge in [0.1, 0.15) is 12.3 Å². The smallest absolute Gasteiger partial charge is 0.339 e. The number of carbonyl (C=O) groups excluding carboxylic acids is 1. The molecule has 5 heteroatoms. The molecule has 23 heavy (non-hydrogen) atoms. The molecular formula is C18H14INO3. The van der Waals surface area contributed by atoms with Gasteiger partial charge in [-0.05, 0) is 41.6 Å². The fourth-order valence-electron chi connectivity index (χ4n) is 2.08. The third-order valence-corrected chi connectivity index (χ3v) is 4.28. The normalized spacial score (nSPS) is 10.5. The average molecular weight is 419 g/mol. The molecule has 0 saturated heterocycles. The molecule has 0 radical (unpaired) electrons. The lowest BCUT2D eigenvalue weighted by Gasteiger charge is -2.04. The van der Waals surface area contributed by atoms with Gasteiger partial charge in [0.25, 0.3) is 0 Å². The van der Waals surface area contributed by atoms with Crippen LogP contribution in [0, 0.1) is 10.5 Å². The number of aryl methyl sites for hydroxylation is 1. The first-order valence-electron chi connectivity index (χ1n) is 7.08. The van der Waals surface area contributed by atoms with E-state index in [2.05, 4.69) is 27.7 Å². The van der Waals surface area contributed by atoms with Crippen LogP contribution < -0.4 is 0 Å². The largest absolute Gasteiger partial charge is 0.455 e. The number of hydrogen-bond donors (Lipinski definition) is 0. The van der Waals surface area contributed by atoms with Crippen molar-refractivity contribution in [1.29, 1.82) is 0 Å². The maximum atomic E-state index is 12.1. The summed E-state index contributed by atoms with van der Waals surface area (Å²) in [6.45, 7) is 2.11. The van der Waals surface area contributed by atoms with Crippen LogP contribution in [0.5, 0.6) is 0 Å². The molecule has 4 nitrogen and oxygen atoms in total. The second kappa shape index (κ2) is 6.95. The zero-order valence-corrected chi connectivity index (χ0v) is 14.6. The van der Waals surface area contributed by atoms with Crippen molar-refractivity contribution in [3.8, 4) is 11.3 Å². The Morgan fingerprint density at radius 1 is 1.17 bits per heavy atom. The van der Waals surface area contributed by atoms with Gasteiger partial charge in [-0.2, -0.15) is 0 Å². The number of ether oxygens (including phenoxy) is 1. The lowest BCUT2D eigenvalue weighted by molar-refractivity contribution is 0.0463. The predicted molar refractivity (Wildman–Crippen MR) is 95.0 cm³/mol. The van der Waals surface area contributed by atoms with E-state index in [1.54, 1.807) is 12.1 Å². The molecule has 116 valence electrons. The van der Waals surface area contributed by atoms with Crippen LogP contribution in [0.15, 0.2) is 59.1 Å². The van der Waals surface area contributed by atoms with E-state index in [0.717, 1.165) is 9.13 Å². The maximum Gasteiger partial charge on any atom is 0.339 e. The third kappa shape index (κ3) is 3.79. The number of aromatic nitrogens is 1. The number of nitrogens with zero attached hydrogens (tertiary/aromatic N) is 1. The van der Waals surface area contributed by atoms with Gasteiger partial charge in [-0.1, -0.05) is 47.1 Å². The number of hydrogen-bond acceptors (Lipinski definition) is 4. The minimum Gasteiger partial charge on any atom is -0.455 e. The molecule has 1 heterocycles. The topological polar surface area (TPSA) is 52.3 Å². The summed E-state index contributed by atoms with van der Waals surface area (Å²) in [5.74, 6) is 0.292. The van der Waals surface area contributed by atoms with Crippen LogP contribution in [-0.2, 0) is 11.3 Å². The van der Waals surface area contributed by atoms with Crippen LogP contribution in [0.3, 0.4) is 0 Å². The Kier molecular flexibility index (Phi) is 4.76. The molecule has 0 aliphatic heterocycles. The second-order valence-electron chi connectivity index (χ2n) is 5.10. The highest BCUT2D eigenvalue weighted by Crippen LogP contribution is 2.21. The van der Waals surface area contributed by atoms with Crippen LogP contribution in [0.25, 0.3) is 11.3 Å². The zero-order chi connectivity index (χ0) is 16.2. The van der Waals surface area contributed by atoms with E-state index < -0.39 is 0 Å². The third-order valence-electron chi connectivity index (χ3n) is 3.34. The van der Waals surface area contributed by atoms with E-state index >= 15 is 0 Å². The van der Waals surface area contributed by atoms with Gasteiger partial charge in [0.2, 0.25) is 0 Å². The Labute approximate surface area is 147 Å². The molecule has 0 fully saturated rings. The molecule has 3 rings (SSSR count). The van der Waals surface area contributed by atoms with Crippen LogP contribution in [0.1, 0.15) is 21.6 Å². The zero-order valence-electron chi connectivity index (χ0n) is 12.5. The summed E-state index contributed by atoms with van der Waals surface area (Å²) in [7, 11) is 0. The minimum atomic E-state index is -0.366. The monoisotopic (exact) mass is 419 g/mol. The number of benzene rings is 2. The van der Waals surface area contributed by atoms with Gasteiger partial charge in [-0.25, -0.2) is 4.79 Å². The molecule has 0 bridgehead atoms. The molecule has 0 spiro atoms. The Balaban J connectivity index is 1.67. The highest BCUT2D eigenvalue weighted by atomic mass is 127. The van der Waals surface area contributed by atoms with Crippen molar-refractivity contribution in [3.05, 3.63) is 75.0 Å². The van der Waals surface area contributed by atoms with Crippen molar-refractivity contribution in [2.75, 3.05) is 0 Å². The van der Waals surface area contributed by atoms with E-state index in [1.165, 1.54) is 5.56 Å². The number of halogens is 1. The van der Waals surface area contributed by atoms with Crippen LogP contribution >= 0.6 is 22.6 Å². The van der Waals surface area contributed by atoms with E-state index in [9.17, 15) is 4.79 Å². The van der Waals surface area contributed by atoms with E-state index in [0.29, 0.717) is 17.0 Å². The molecule has 2 aromatic carbocycles. The van der Waals surface area contributed by atoms with Gasteiger partial charge < -0.3 is 9.26 Å². The summed E-state index contributed by atoms with van der Waals surface area (Å²) >= 11 is 2.11. The SMILES string of the molecule is Cc1ccc(-c2cc(COC(=O)c3ccccc3I)no2)cc1. The van der Waals surface area contributed by atoms with Gasteiger partial charge in [-0.15, -0.1) is 0 Å². The fourth-order valence-corrected chi connectivity index (χ4v) is 2.69. The predicted octanol–water partition coefficient (Wildman–Crippen LogP) is 4.61. The van der Waals surface area contributed by atoms with Crippen LogP contribution in [0.2, 0.25) is 0 Å². The molecule has 3 aromatic rings. The van der Waals surface area contributed by atoms with E-state index in [4.69, 9.17) is 9.26 Å². The lowest BCUT2D eigenvalue weighted by Crippen LogP contribution is -2.07. The Bertz CT molecular complexity index is 824. The van der Waals surface area contributed by atoms with Crippen molar-refractivity contribution in [2.24, 2.45) is 0 Å². The highest BCUT2D eigenvalue weighted by molar-refractivity contribution is 14.1. The number of esters is 1. The fraction of sp³-hybridized carbons (Fsp3) is 0.111. The Morgan fingerprint density at radius 3 is 2.65 bits per heavy atom. The molecule has 1 aromatic heterocycles. The molecule has 0 unspecified atom stereocenters. The van der Waals surface area contributed by atoms with Crippen molar-refractivity contribution in [3.63, 3.8) is 0 Å². The second-order valence-corrected chi connectivity index (χ2v) is 6.27. The number of rotatable bonds is 4. The van der Waals surface area contributed by atoms with Gasteiger partial charge in [-0.3, -0.25) is 0 Å². The lowest BCUT2D eigenvalue weighted by atomic mass is 10.1. The molecule has 0 atom stereocenters. The van der Waals surface area contributed by atoms with Crippen molar-refractivity contribution in [2.45, 2.75) is 13.5 Å².